The van der Waals surface area contributed by atoms with Crippen LogP contribution in [-0.2, 0) is 0 Å². The molecule has 1 atom stereocenters. The lowest BCUT2D eigenvalue weighted by Gasteiger charge is -2.11. The van der Waals surface area contributed by atoms with Crippen molar-refractivity contribution in [3.63, 3.8) is 0 Å². The van der Waals surface area contributed by atoms with Gasteiger partial charge in [0, 0.05) is 12.7 Å². The lowest BCUT2D eigenvalue weighted by molar-refractivity contribution is 0.0915. The topological polar surface area (TPSA) is 79.5 Å². The molecule has 0 saturated carbocycles. The highest BCUT2D eigenvalue weighted by Crippen LogP contribution is 2.18. The van der Waals surface area contributed by atoms with Gasteiger partial charge in [0.2, 0.25) is 5.82 Å². The molecule has 0 aliphatic rings. The molecule has 3 aromatic rings. The number of hydrogen-bond acceptors (Lipinski definition) is 5. The van der Waals surface area contributed by atoms with Crippen LogP contribution in [0.25, 0.3) is 5.65 Å². The van der Waals surface area contributed by atoms with Crippen molar-refractivity contribution in [3.05, 3.63) is 52.1 Å². The molecule has 0 aromatic carbocycles. The maximum absolute atomic E-state index is 12.8. The third-order valence-electron chi connectivity index (χ3n) is 3.27. The summed E-state index contributed by atoms with van der Waals surface area (Å²) in [5.41, 5.74) is 1.12. The summed E-state index contributed by atoms with van der Waals surface area (Å²) in [5, 5.41) is 23.1. The maximum Gasteiger partial charge on any atom is 0.297 e. The van der Waals surface area contributed by atoms with Gasteiger partial charge in [0.1, 0.15) is 0 Å². The van der Waals surface area contributed by atoms with Gasteiger partial charge < -0.3 is 10.4 Å². The minimum absolute atomic E-state index is 0.0253. The van der Waals surface area contributed by atoms with Crippen LogP contribution in [0.1, 0.15) is 34.3 Å². The Morgan fingerprint density at radius 2 is 2.17 bits per heavy atom. The van der Waals surface area contributed by atoms with Crippen molar-refractivity contribution in [1.29, 1.82) is 0 Å². The predicted octanol–water partition coefficient (Wildman–Crippen LogP) is 2.19. The number of aliphatic hydroxyl groups excluding tert-OH is 1. The molecule has 9 heteroatoms. The molecule has 0 aliphatic carbocycles. The quantitative estimate of drug-likeness (QED) is 0.747. The number of nitrogens with zero attached hydrogens (tertiary/aromatic N) is 3. The smallest absolute Gasteiger partial charge is 0.297 e. The van der Waals surface area contributed by atoms with Crippen LogP contribution in [0.3, 0.4) is 0 Å². The van der Waals surface area contributed by atoms with Crippen LogP contribution in [0.2, 0.25) is 0 Å². The van der Waals surface area contributed by atoms with E-state index >= 15 is 0 Å². The summed E-state index contributed by atoms with van der Waals surface area (Å²) in [5.74, 6) is -0.997. The van der Waals surface area contributed by atoms with Crippen molar-refractivity contribution in [1.82, 2.24) is 19.9 Å². The monoisotopic (exact) mass is 338 g/mol. The number of halogens is 2. The molecule has 2 N–H and O–H groups in total. The molecule has 0 bridgehead atoms. The summed E-state index contributed by atoms with van der Waals surface area (Å²) in [4.78, 5) is 12.1. The lowest BCUT2D eigenvalue weighted by Crippen LogP contribution is -2.28. The molecule has 23 heavy (non-hydrogen) atoms. The Labute approximate surface area is 133 Å². The van der Waals surface area contributed by atoms with Crippen molar-refractivity contribution in [2.45, 2.75) is 12.5 Å². The molecular formula is C14H12F2N4O2S. The van der Waals surface area contributed by atoms with Gasteiger partial charge in [-0.3, -0.25) is 9.20 Å². The van der Waals surface area contributed by atoms with E-state index in [1.54, 1.807) is 11.4 Å². The Hall–Kier alpha value is -2.39. The van der Waals surface area contributed by atoms with E-state index in [0.29, 0.717) is 5.56 Å². The number of alkyl halides is 2. The van der Waals surface area contributed by atoms with Crippen LogP contribution in [0, 0.1) is 0 Å². The van der Waals surface area contributed by atoms with Gasteiger partial charge in [0.15, 0.2) is 5.65 Å². The average molecular weight is 338 g/mol. The van der Waals surface area contributed by atoms with Gasteiger partial charge in [-0.05, 0) is 34.5 Å². The minimum Gasteiger partial charge on any atom is -0.387 e. The van der Waals surface area contributed by atoms with E-state index in [2.05, 4.69) is 15.5 Å². The van der Waals surface area contributed by atoms with Crippen molar-refractivity contribution < 1.29 is 18.7 Å². The number of amides is 1. The van der Waals surface area contributed by atoms with Crippen molar-refractivity contribution in [3.8, 4) is 0 Å². The number of nitrogens with one attached hydrogen (secondary N) is 1. The van der Waals surface area contributed by atoms with Crippen LogP contribution in [0.5, 0.6) is 0 Å². The first kappa shape index (κ1) is 15.5. The minimum atomic E-state index is -2.79. The third kappa shape index (κ3) is 3.20. The largest absolute Gasteiger partial charge is 0.387 e. The van der Waals surface area contributed by atoms with E-state index in [1.807, 2.05) is 5.38 Å². The van der Waals surface area contributed by atoms with E-state index < -0.39 is 24.3 Å². The van der Waals surface area contributed by atoms with Gasteiger partial charge in [0.25, 0.3) is 12.3 Å². The second-order valence-corrected chi connectivity index (χ2v) is 5.57. The number of hydrogen-bond donors (Lipinski definition) is 2. The molecule has 1 unspecified atom stereocenters. The van der Waals surface area contributed by atoms with Crippen LogP contribution < -0.4 is 5.32 Å². The SMILES string of the molecule is O=C(NCC(O)c1ccsc1)c1ccc2nnc(C(F)F)n2c1. The first-order valence-electron chi connectivity index (χ1n) is 6.67. The highest BCUT2D eigenvalue weighted by Gasteiger charge is 2.17. The highest BCUT2D eigenvalue weighted by molar-refractivity contribution is 7.07. The lowest BCUT2D eigenvalue weighted by atomic mass is 10.2. The number of pyridine rings is 1. The van der Waals surface area contributed by atoms with Gasteiger partial charge in [0.05, 0.1) is 11.7 Å². The first-order chi connectivity index (χ1) is 11.1. The summed E-state index contributed by atoms with van der Waals surface area (Å²) >= 11 is 1.44. The fourth-order valence-corrected chi connectivity index (χ4v) is 2.77. The molecule has 3 rings (SSSR count). The van der Waals surface area contributed by atoms with Gasteiger partial charge in [-0.2, -0.15) is 11.3 Å². The zero-order chi connectivity index (χ0) is 16.4. The predicted molar refractivity (Wildman–Crippen MR) is 79.6 cm³/mol. The second kappa shape index (κ2) is 6.39. The molecule has 1 amide bonds. The summed E-state index contributed by atoms with van der Waals surface area (Å²) in [7, 11) is 0. The molecule has 0 radical (unpaired) electrons. The maximum atomic E-state index is 12.8. The number of aromatic nitrogens is 3. The summed E-state index contributed by atoms with van der Waals surface area (Å²) in [6.45, 7) is 0.0253. The van der Waals surface area contributed by atoms with E-state index in [0.717, 1.165) is 4.40 Å². The molecule has 0 fully saturated rings. The highest BCUT2D eigenvalue weighted by atomic mass is 32.1. The third-order valence-corrected chi connectivity index (χ3v) is 3.97. The van der Waals surface area contributed by atoms with Crippen LogP contribution in [0.4, 0.5) is 8.78 Å². The Bertz CT molecular complexity index is 819. The fraction of sp³-hybridized carbons (Fsp3) is 0.214. The van der Waals surface area contributed by atoms with Gasteiger partial charge in [-0.1, -0.05) is 0 Å². The zero-order valence-corrected chi connectivity index (χ0v) is 12.5. The normalized spacial score (nSPS) is 12.7. The molecule has 0 saturated heterocycles. The molecule has 3 aromatic heterocycles. The second-order valence-electron chi connectivity index (χ2n) is 4.79. The number of thiophene rings is 1. The Morgan fingerprint density at radius 1 is 1.35 bits per heavy atom. The Kier molecular flexibility index (Phi) is 4.30. The fourth-order valence-electron chi connectivity index (χ4n) is 2.07. The molecule has 3 heterocycles. The van der Waals surface area contributed by atoms with Crippen LogP contribution in [-0.4, -0.2) is 32.2 Å². The first-order valence-corrected chi connectivity index (χ1v) is 7.61. The van der Waals surface area contributed by atoms with E-state index in [1.165, 1.54) is 29.7 Å². The van der Waals surface area contributed by atoms with Crippen molar-refractivity contribution >= 4 is 22.9 Å². The van der Waals surface area contributed by atoms with Gasteiger partial charge in [-0.15, -0.1) is 10.2 Å². The molecule has 0 spiro atoms. The molecular weight excluding hydrogens is 326 g/mol. The standard InChI is InChI=1S/C14H12F2N4O2S/c15-12(16)13-19-18-11-2-1-8(6-20(11)13)14(22)17-5-10(21)9-3-4-23-7-9/h1-4,6-7,10,12,21H,5H2,(H,17,22). The van der Waals surface area contributed by atoms with Gasteiger partial charge >= 0.3 is 0 Å². The zero-order valence-electron chi connectivity index (χ0n) is 11.7. The number of rotatable bonds is 5. The van der Waals surface area contributed by atoms with E-state index in [4.69, 9.17) is 0 Å². The summed E-state index contributed by atoms with van der Waals surface area (Å²) in [6, 6.07) is 4.66. The summed E-state index contributed by atoms with van der Waals surface area (Å²) < 4.78 is 26.7. The van der Waals surface area contributed by atoms with Crippen LogP contribution in [0.15, 0.2) is 35.2 Å². The number of carbonyl (C=O) groups excluding carboxylic acids is 1. The Balaban J connectivity index is 1.74. The summed E-state index contributed by atoms with van der Waals surface area (Å²) in [6.07, 6.45) is -2.35. The molecule has 6 nitrogen and oxygen atoms in total. The number of carbonyl (C=O) groups is 1. The number of aliphatic hydroxyl groups is 1. The van der Waals surface area contributed by atoms with Crippen LogP contribution >= 0.6 is 11.3 Å². The van der Waals surface area contributed by atoms with E-state index in [9.17, 15) is 18.7 Å². The average Bonchev–Trinajstić information content (AvgIpc) is 3.20. The van der Waals surface area contributed by atoms with E-state index in [-0.39, 0.29) is 17.8 Å². The Morgan fingerprint density at radius 3 is 2.87 bits per heavy atom. The van der Waals surface area contributed by atoms with Gasteiger partial charge in [-0.25, -0.2) is 8.78 Å². The molecule has 0 aliphatic heterocycles. The number of fused-ring (bicyclic) bond motifs is 1. The molecule has 120 valence electrons. The van der Waals surface area contributed by atoms with Crippen molar-refractivity contribution in [2.75, 3.05) is 6.54 Å². The van der Waals surface area contributed by atoms with Crippen molar-refractivity contribution in [2.24, 2.45) is 0 Å².